The highest BCUT2D eigenvalue weighted by Gasteiger charge is 2.09. The Kier molecular flexibility index (Phi) is 3.78. The molecular weight excluding hydrogens is 320 g/mol. The standard InChI is InChI=1S/C10H9BrN4O2S/c11-8-2-1-7(18-8)5-13-10-4-6(15(16)17)3-9(12)14-10/h1-4H,5H2,(H3,12,13,14). The Labute approximate surface area is 115 Å². The first-order chi connectivity index (χ1) is 8.54. The number of hydrogen-bond acceptors (Lipinski definition) is 6. The molecular formula is C10H9BrN4O2S. The molecule has 18 heavy (non-hydrogen) atoms. The summed E-state index contributed by atoms with van der Waals surface area (Å²) in [5, 5.41) is 13.7. The molecule has 0 saturated carbocycles. The monoisotopic (exact) mass is 328 g/mol. The van der Waals surface area contributed by atoms with Crippen LogP contribution in [0.15, 0.2) is 28.1 Å². The van der Waals surface area contributed by atoms with E-state index in [9.17, 15) is 10.1 Å². The fourth-order valence-electron chi connectivity index (χ4n) is 1.36. The largest absolute Gasteiger partial charge is 0.383 e. The Bertz CT molecular complexity index is 587. The molecule has 0 fully saturated rings. The second-order valence-electron chi connectivity index (χ2n) is 3.45. The zero-order valence-corrected chi connectivity index (χ0v) is 11.5. The molecule has 94 valence electrons. The molecule has 0 atom stereocenters. The van der Waals surface area contributed by atoms with Crippen molar-refractivity contribution in [3.05, 3.63) is 43.0 Å². The van der Waals surface area contributed by atoms with Crippen molar-refractivity contribution in [3.8, 4) is 0 Å². The van der Waals surface area contributed by atoms with E-state index < -0.39 is 4.92 Å². The Hall–Kier alpha value is -1.67. The van der Waals surface area contributed by atoms with Crippen LogP contribution in [0.25, 0.3) is 0 Å². The second-order valence-corrected chi connectivity index (χ2v) is 6.00. The highest BCUT2D eigenvalue weighted by Crippen LogP contribution is 2.24. The number of anilines is 2. The lowest BCUT2D eigenvalue weighted by Crippen LogP contribution is -2.03. The van der Waals surface area contributed by atoms with Crippen LogP contribution in [0.1, 0.15) is 4.88 Å². The number of aromatic nitrogens is 1. The van der Waals surface area contributed by atoms with Gasteiger partial charge in [0, 0.05) is 4.88 Å². The van der Waals surface area contributed by atoms with Crippen LogP contribution in [0.2, 0.25) is 0 Å². The van der Waals surface area contributed by atoms with E-state index >= 15 is 0 Å². The van der Waals surface area contributed by atoms with Gasteiger partial charge in [0.25, 0.3) is 5.69 Å². The fraction of sp³-hybridized carbons (Fsp3) is 0.100. The number of thiophene rings is 1. The number of halogens is 1. The van der Waals surface area contributed by atoms with Crippen molar-refractivity contribution in [2.45, 2.75) is 6.54 Å². The van der Waals surface area contributed by atoms with Gasteiger partial charge in [-0.1, -0.05) is 0 Å². The third-order valence-corrected chi connectivity index (χ3v) is 3.74. The van der Waals surface area contributed by atoms with E-state index in [0.717, 1.165) is 8.66 Å². The van der Waals surface area contributed by atoms with E-state index in [2.05, 4.69) is 26.2 Å². The van der Waals surface area contributed by atoms with E-state index in [0.29, 0.717) is 12.4 Å². The van der Waals surface area contributed by atoms with Crippen LogP contribution in [0, 0.1) is 10.1 Å². The normalized spacial score (nSPS) is 10.3. The number of nitrogen functional groups attached to an aromatic ring is 1. The van der Waals surface area contributed by atoms with Gasteiger partial charge in [-0.05, 0) is 28.1 Å². The molecule has 0 aliphatic carbocycles. The van der Waals surface area contributed by atoms with E-state index in [4.69, 9.17) is 5.73 Å². The van der Waals surface area contributed by atoms with Crippen LogP contribution in [0.4, 0.5) is 17.3 Å². The summed E-state index contributed by atoms with van der Waals surface area (Å²) < 4.78 is 1.03. The number of pyridine rings is 1. The summed E-state index contributed by atoms with van der Waals surface area (Å²) in [7, 11) is 0. The maximum atomic E-state index is 10.7. The van der Waals surface area contributed by atoms with Crippen LogP contribution >= 0.6 is 27.3 Å². The van der Waals surface area contributed by atoms with Gasteiger partial charge in [0.2, 0.25) is 0 Å². The SMILES string of the molecule is Nc1cc([N+](=O)[O-])cc(NCc2ccc(Br)s2)n1. The minimum atomic E-state index is -0.495. The van der Waals surface area contributed by atoms with E-state index in [1.807, 2.05) is 12.1 Å². The van der Waals surface area contributed by atoms with E-state index in [-0.39, 0.29) is 11.5 Å². The van der Waals surface area contributed by atoms with E-state index in [1.165, 1.54) is 12.1 Å². The summed E-state index contributed by atoms with van der Waals surface area (Å²) in [4.78, 5) is 15.3. The van der Waals surface area contributed by atoms with Crippen molar-refractivity contribution in [2.24, 2.45) is 0 Å². The first kappa shape index (κ1) is 12.8. The topological polar surface area (TPSA) is 94.1 Å². The summed E-state index contributed by atoms with van der Waals surface area (Å²) in [5.41, 5.74) is 5.44. The van der Waals surface area contributed by atoms with Gasteiger partial charge in [0.15, 0.2) is 0 Å². The molecule has 0 unspecified atom stereocenters. The molecule has 0 amide bonds. The first-order valence-electron chi connectivity index (χ1n) is 4.94. The highest BCUT2D eigenvalue weighted by molar-refractivity contribution is 9.11. The van der Waals surface area contributed by atoms with Gasteiger partial charge in [-0.15, -0.1) is 11.3 Å². The van der Waals surface area contributed by atoms with Crippen molar-refractivity contribution in [1.29, 1.82) is 0 Å². The lowest BCUT2D eigenvalue weighted by Gasteiger charge is -2.04. The molecule has 0 aliphatic heterocycles. The van der Waals surface area contributed by atoms with E-state index in [1.54, 1.807) is 11.3 Å². The number of hydrogen-bond donors (Lipinski definition) is 2. The molecule has 2 rings (SSSR count). The minimum absolute atomic E-state index is 0.0719. The third kappa shape index (κ3) is 3.17. The molecule has 0 bridgehead atoms. The molecule has 2 aromatic heterocycles. The number of nitrogens with one attached hydrogen (secondary N) is 1. The zero-order chi connectivity index (χ0) is 13.1. The number of nitro groups is 1. The Balaban J connectivity index is 2.11. The van der Waals surface area contributed by atoms with Crippen molar-refractivity contribution >= 4 is 44.6 Å². The second kappa shape index (κ2) is 5.32. The summed E-state index contributed by atoms with van der Waals surface area (Å²) in [5.74, 6) is 0.519. The molecule has 0 radical (unpaired) electrons. The van der Waals surface area contributed by atoms with Crippen LogP contribution in [0.3, 0.4) is 0 Å². The Morgan fingerprint density at radius 3 is 2.89 bits per heavy atom. The molecule has 0 aliphatic rings. The molecule has 0 saturated heterocycles. The summed E-state index contributed by atoms with van der Waals surface area (Å²) in [6.45, 7) is 0.546. The van der Waals surface area contributed by atoms with Gasteiger partial charge < -0.3 is 11.1 Å². The fourth-order valence-corrected chi connectivity index (χ4v) is 2.78. The highest BCUT2D eigenvalue weighted by atomic mass is 79.9. The van der Waals surface area contributed by atoms with Crippen molar-refractivity contribution in [3.63, 3.8) is 0 Å². The summed E-state index contributed by atoms with van der Waals surface area (Å²) in [6.07, 6.45) is 0. The van der Waals surface area contributed by atoms with Gasteiger partial charge in [0.1, 0.15) is 11.6 Å². The smallest absolute Gasteiger partial charge is 0.276 e. The van der Waals surface area contributed by atoms with Gasteiger partial charge in [-0.25, -0.2) is 4.98 Å². The maximum absolute atomic E-state index is 10.7. The molecule has 0 spiro atoms. The van der Waals surface area contributed by atoms with Crippen LogP contribution in [-0.4, -0.2) is 9.91 Å². The zero-order valence-electron chi connectivity index (χ0n) is 9.09. The molecule has 3 N–H and O–H groups in total. The van der Waals surface area contributed by atoms with Crippen molar-refractivity contribution in [1.82, 2.24) is 4.98 Å². The van der Waals surface area contributed by atoms with Crippen LogP contribution in [-0.2, 0) is 6.54 Å². The number of nitrogens with two attached hydrogens (primary N) is 1. The number of nitrogens with zero attached hydrogens (tertiary/aromatic N) is 2. The molecule has 2 aromatic rings. The predicted octanol–water partition coefficient (Wildman–Crippen LogP) is 3.01. The summed E-state index contributed by atoms with van der Waals surface area (Å²) >= 11 is 4.95. The molecule has 8 heteroatoms. The predicted molar refractivity (Wildman–Crippen MR) is 74.6 cm³/mol. The van der Waals surface area contributed by atoms with Crippen LogP contribution in [0.5, 0.6) is 0 Å². The first-order valence-corrected chi connectivity index (χ1v) is 6.55. The van der Waals surface area contributed by atoms with Gasteiger partial charge in [-0.2, -0.15) is 0 Å². The quantitative estimate of drug-likeness (QED) is 0.664. The van der Waals surface area contributed by atoms with Gasteiger partial charge in [0.05, 0.1) is 27.4 Å². The molecule has 0 aromatic carbocycles. The average Bonchev–Trinajstić information content (AvgIpc) is 2.72. The lowest BCUT2D eigenvalue weighted by atomic mass is 10.3. The van der Waals surface area contributed by atoms with Crippen molar-refractivity contribution in [2.75, 3.05) is 11.1 Å². The lowest BCUT2D eigenvalue weighted by molar-refractivity contribution is -0.384. The van der Waals surface area contributed by atoms with Gasteiger partial charge in [-0.3, -0.25) is 10.1 Å². The summed E-state index contributed by atoms with van der Waals surface area (Å²) in [6, 6.07) is 6.49. The number of rotatable bonds is 4. The molecule has 2 heterocycles. The maximum Gasteiger partial charge on any atom is 0.276 e. The van der Waals surface area contributed by atoms with Crippen LogP contribution < -0.4 is 11.1 Å². The Morgan fingerprint density at radius 1 is 1.50 bits per heavy atom. The third-order valence-electron chi connectivity index (χ3n) is 2.11. The van der Waals surface area contributed by atoms with Gasteiger partial charge >= 0.3 is 0 Å². The minimum Gasteiger partial charge on any atom is -0.383 e. The average molecular weight is 329 g/mol. The van der Waals surface area contributed by atoms with Crippen molar-refractivity contribution < 1.29 is 4.92 Å². The Morgan fingerprint density at radius 2 is 2.28 bits per heavy atom. The molecule has 6 nitrogen and oxygen atoms in total.